The Morgan fingerprint density at radius 3 is 2.88 bits per heavy atom. The molecule has 0 aliphatic carbocycles. The number of aliphatic hydroxyl groups is 1. The minimum atomic E-state index is -0.296. The number of fused-ring (bicyclic) bond motifs is 1. The van der Waals surface area contributed by atoms with Gasteiger partial charge in [-0.25, -0.2) is 4.39 Å². The van der Waals surface area contributed by atoms with Gasteiger partial charge >= 0.3 is 0 Å². The second kappa shape index (κ2) is 12.2. The lowest BCUT2D eigenvalue weighted by molar-refractivity contribution is 0.0710. The summed E-state index contributed by atoms with van der Waals surface area (Å²) < 4.78 is 18.9. The van der Waals surface area contributed by atoms with E-state index in [1.165, 1.54) is 17.7 Å². The van der Waals surface area contributed by atoms with Gasteiger partial charge in [0.05, 0.1) is 12.6 Å². The summed E-state index contributed by atoms with van der Waals surface area (Å²) in [6.07, 6.45) is 6.19. The fourth-order valence-corrected chi connectivity index (χ4v) is 6.21. The number of aryl methyl sites for hydroxylation is 1. The van der Waals surface area contributed by atoms with E-state index >= 15 is 0 Å². The Bertz CT molecular complexity index is 1080. The number of benzene rings is 2. The van der Waals surface area contributed by atoms with Crippen molar-refractivity contribution in [1.29, 1.82) is 0 Å². The Balaban J connectivity index is 1.26. The van der Waals surface area contributed by atoms with Crippen molar-refractivity contribution in [3.8, 4) is 5.75 Å². The molecular weight excluding hydrogens is 471 g/mol. The predicted molar refractivity (Wildman–Crippen MR) is 138 cm³/mol. The van der Waals surface area contributed by atoms with Gasteiger partial charge in [0.15, 0.2) is 0 Å². The first-order valence-corrected chi connectivity index (χ1v) is 13.3. The highest BCUT2D eigenvalue weighted by Crippen LogP contribution is 2.30. The molecular formula is C27H32ClFN2O2S. The molecule has 34 heavy (non-hydrogen) atoms. The van der Waals surface area contributed by atoms with Gasteiger partial charge in [-0.05, 0) is 92.1 Å². The molecule has 1 saturated heterocycles. The van der Waals surface area contributed by atoms with Crippen LogP contribution in [-0.2, 0) is 6.42 Å². The van der Waals surface area contributed by atoms with Gasteiger partial charge in [-0.15, -0.1) is 11.8 Å². The summed E-state index contributed by atoms with van der Waals surface area (Å²) in [4.78, 5) is 7.77. The number of pyridine rings is 1. The average molecular weight is 503 g/mol. The molecule has 0 unspecified atom stereocenters. The normalized spacial score (nSPS) is 18.9. The summed E-state index contributed by atoms with van der Waals surface area (Å²) in [6.45, 7) is 3.11. The number of ether oxygens (including phenoxy) is 1. The second-order valence-corrected chi connectivity index (χ2v) is 10.6. The molecule has 1 aromatic heterocycles. The highest BCUT2D eigenvalue weighted by Gasteiger charge is 2.28. The van der Waals surface area contributed by atoms with Crippen molar-refractivity contribution in [2.75, 3.05) is 39.1 Å². The van der Waals surface area contributed by atoms with Gasteiger partial charge in [-0.3, -0.25) is 4.98 Å². The number of rotatable bonds is 10. The van der Waals surface area contributed by atoms with Crippen molar-refractivity contribution in [2.45, 2.75) is 30.6 Å². The highest BCUT2D eigenvalue weighted by molar-refractivity contribution is 7.99. The molecule has 4 rings (SSSR count). The van der Waals surface area contributed by atoms with E-state index in [-0.39, 0.29) is 12.4 Å². The van der Waals surface area contributed by atoms with Gasteiger partial charge in [0.25, 0.3) is 0 Å². The van der Waals surface area contributed by atoms with Gasteiger partial charge in [0, 0.05) is 47.0 Å². The molecule has 0 amide bonds. The lowest BCUT2D eigenvalue weighted by Gasteiger charge is -2.38. The minimum absolute atomic E-state index is 0.225. The summed E-state index contributed by atoms with van der Waals surface area (Å²) in [5.41, 5.74) is 2.30. The third-order valence-electron chi connectivity index (χ3n) is 6.78. The Morgan fingerprint density at radius 2 is 2.09 bits per heavy atom. The monoisotopic (exact) mass is 502 g/mol. The molecule has 0 radical (unpaired) electrons. The second-order valence-electron chi connectivity index (χ2n) is 8.99. The molecule has 1 N–H and O–H groups in total. The summed E-state index contributed by atoms with van der Waals surface area (Å²) in [5.74, 6) is 2.28. The number of piperidine rings is 1. The number of likely N-dealkylation sites (tertiary alicyclic amines) is 1. The van der Waals surface area contributed by atoms with Crippen LogP contribution in [-0.4, -0.2) is 54.1 Å². The third-order valence-corrected chi connectivity index (χ3v) is 7.96. The zero-order chi connectivity index (χ0) is 23.9. The number of methoxy groups -OCH3 is 1. The number of hydrogen-bond acceptors (Lipinski definition) is 5. The number of halogens is 2. The molecule has 7 heteroatoms. The van der Waals surface area contributed by atoms with Gasteiger partial charge in [0.1, 0.15) is 11.6 Å². The first kappa shape index (κ1) is 25.2. The van der Waals surface area contributed by atoms with Crippen molar-refractivity contribution in [2.24, 2.45) is 11.8 Å². The standard InChI is InChI=1S/C27H32ClFN2O2S/c1-33-24-5-6-27-26(16-24)20(7-9-30-27)4-2-3-19-8-10-31(17-21(19)18-32)11-12-34-25-14-22(28)13-23(29)15-25/h5-7,9,13-16,19,21,32H,2-4,8,10-12,17-18H2,1H3/t19-,21-/m1/s1. The van der Waals surface area contributed by atoms with Crippen LogP contribution in [0.5, 0.6) is 5.75 Å². The number of thioether (sulfide) groups is 1. The van der Waals surface area contributed by atoms with E-state index < -0.39 is 0 Å². The van der Waals surface area contributed by atoms with Crippen molar-refractivity contribution < 1.29 is 14.2 Å². The zero-order valence-electron chi connectivity index (χ0n) is 19.6. The third kappa shape index (κ3) is 6.63. The van der Waals surface area contributed by atoms with E-state index in [0.717, 1.165) is 72.6 Å². The van der Waals surface area contributed by atoms with E-state index in [1.54, 1.807) is 24.9 Å². The molecule has 1 aliphatic heterocycles. The van der Waals surface area contributed by atoms with Gasteiger partial charge < -0.3 is 14.7 Å². The van der Waals surface area contributed by atoms with Crippen LogP contribution in [0.4, 0.5) is 4.39 Å². The van der Waals surface area contributed by atoms with E-state index in [4.69, 9.17) is 16.3 Å². The highest BCUT2D eigenvalue weighted by atomic mass is 35.5. The fraction of sp³-hybridized carbons (Fsp3) is 0.444. The van der Waals surface area contributed by atoms with Crippen molar-refractivity contribution in [3.05, 3.63) is 65.1 Å². The quantitative estimate of drug-likeness (QED) is 0.340. The molecule has 2 heterocycles. The van der Waals surface area contributed by atoms with Gasteiger partial charge in [0.2, 0.25) is 0 Å². The lowest BCUT2D eigenvalue weighted by atomic mass is 9.82. The Labute approximate surface area is 210 Å². The largest absolute Gasteiger partial charge is 0.497 e. The maximum absolute atomic E-state index is 13.5. The molecule has 4 nitrogen and oxygen atoms in total. The van der Waals surface area contributed by atoms with E-state index in [0.29, 0.717) is 16.9 Å². The topological polar surface area (TPSA) is 45.6 Å². The maximum Gasteiger partial charge on any atom is 0.125 e. The molecule has 2 aromatic carbocycles. The Kier molecular flexibility index (Phi) is 9.06. The van der Waals surface area contributed by atoms with Crippen LogP contribution in [0, 0.1) is 17.7 Å². The van der Waals surface area contributed by atoms with E-state index in [2.05, 4.69) is 22.0 Å². The molecule has 0 saturated carbocycles. The van der Waals surface area contributed by atoms with Crippen LogP contribution in [0.3, 0.4) is 0 Å². The number of nitrogens with zero attached hydrogens (tertiary/aromatic N) is 2. The zero-order valence-corrected chi connectivity index (χ0v) is 21.1. The van der Waals surface area contributed by atoms with Crippen molar-refractivity contribution >= 4 is 34.3 Å². The molecule has 182 valence electrons. The maximum atomic E-state index is 13.5. The van der Waals surface area contributed by atoms with E-state index in [9.17, 15) is 9.50 Å². The molecule has 2 atom stereocenters. The summed E-state index contributed by atoms with van der Waals surface area (Å²) in [7, 11) is 1.69. The molecule has 1 fully saturated rings. The summed E-state index contributed by atoms with van der Waals surface area (Å²) in [5, 5.41) is 11.6. The molecule has 3 aromatic rings. The first-order chi connectivity index (χ1) is 16.6. The fourth-order valence-electron chi connectivity index (χ4n) is 4.93. The molecule has 0 spiro atoms. The Morgan fingerprint density at radius 1 is 1.21 bits per heavy atom. The van der Waals surface area contributed by atoms with Gasteiger partial charge in [-0.1, -0.05) is 11.6 Å². The number of aromatic nitrogens is 1. The van der Waals surface area contributed by atoms with Gasteiger partial charge in [-0.2, -0.15) is 0 Å². The van der Waals surface area contributed by atoms with Crippen LogP contribution in [0.25, 0.3) is 10.9 Å². The number of aliphatic hydroxyl groups excluding tert-OH is 1. The van der Waals surface area contributed by atoms with Crippen LogP contribution < -0.4 is 4.74 Å². The van der Waals surface area contributed by atoms with Crippen LogP contribution >= 0.6 is 23.4 Å². The smallest absolute Gasteiger partial charge is 0.125 e. The van der Waals surface area contributed by atoms with Crippen molar-refractivity contribution in [3.63, 3.8) is 0 Å². The first-order valence-electron chi connectivity index (χ1n) is 11.9. The van der Waals surface area contributed by atoms with Crippen LogP contribution in [0.1, 0.15) is 24.8 Å². The van der Waals surface area contributed by atoms with Crippen LogP contribution in [0.2, 0.25) is 5.02 Å². The SMILES string of the molecule is COc1ccc2nccc(CCC[C@@H]3CCN(CCSc4cc(F)cc(Cl)c4)C[C@@H]3CO)c2c1. The number of hydrogen-bond donors (Lipinski definition) is 1. The molecule has 1 aliphatic rings. The van der Waals surface area contributed by atoms with E-state index in [1.807, 2.05) is 18.3 Å². The minimum Gasteiger partial charge on any atom is -0.497 e. The summed E-state index contributed by atoms with van der Waals surface area (Å²) in [6, 6.07) is 12.8. The van der Waals surface area contributed by atoms with Crippen molar-refractivity contribution in [1.82, 2.24) is 9.88 Å². The lowest BCUT2D eigenvalue weighted by Crippen LogP contribution is -2.42. The Hall–Kier alpha value is -1.86. The molecule has 0 bridgehead atoms. The van der Waals surface area contributed by atoms with Crippen LogP contribution in [0.15, 0.2) is 53.6 Å². The summed E-state index contributed by atoms with van der Waals surface area (Å²) >= 11 is 7.58. The average Bonchev–Trinajstić information content (AvgIpc) is 2.84. The predicted octanol–water partition coefficient (Wildman–Crippen LogP) is 6.08.